The number of anilines is 2. The first kappa shape index (κ1) is 31.6. The largest absolute Gasteiger partial charge is 0.494 e. The molecule has 0 saturated carbocycles. The van der Waals surface area contributed by atoms with Gasteiger partial charge in [0.15, 0.2) is 11.6 Å². The van der Waals surface area contributed by atoms with Gasteiger partial charge in [-0.1, -0.05) is 43.5 Å². The van der Waals surface area contributed by atoms with E-state index in [-0.39, 0.29) is 24.7 Å². The molecule has 0 unspecified atom stereocenters. The van der Waals surface area contributed by atoms with E-state index in [0.29, 0.717) is 24.8 Å². The summed E-state index contributed by atoms with van der Waals surface area (Å²) in [4.78, 5) is 25.3. The highest BCUT2D eigenvalue weighted by molar-refractivity contribution is 5.91. The van der Waals surface area contributed by atoms with E-state index < -0.39 is 0 Å². The summed E-state index contributed by atoms with van der Waals surface area (Å²) in [6, 6.07) is 22.7. The number of ether oxygens (including phenoxy) is 2. The summed E-state index contributed by atoms with van der Waals surface area (Å²) in [5, 5.41) is 22.6. The third-order valence-corrected chi connectivity index (χ3v) is 7.44. The average Bonchev–Trinajstić information content (AvgIpc) is 3.04. The normalized spacial score (nSPS) is 16.1. The van der Waals surface area contributed by atoms with Crippen molar-refractivity contribution < 1.29 is 19.1 Å². The molecule has 10 nitrogen and oxygen atoms in total. The molecule has 3 aliphatic heterocycles. The minimum atomic E-state index is -0.154. The zero-order chi connectivity index (χ0) is 31.1. The lowest BCUT2D eigenvalue weighted by Gasteiger charge is -2.09. The summed E-state index contributed by atoms with van der Waals surface area (Å²) in [5.74, 6) is 2.09. The SMILES string of the molecule is O=C1Cc2cccc(c2)OCCCCCCCOc2cccc(c2)CC(=O)Nc2ccc(nn2)CCCCc2ccc(nn2)N1. The maximum absolute atomic E-state index is 12.6. The highest BCUT2D eigenvalue weighted by atomic mass is 16.5. The van der Waals surface area contributed by atoms with E-state index >= 15 is 0 Å². The molecule has 2 aromatic heterocycles. The van der Waals surface area contributed by atoms with Gasteiger partial charge in [-0.05, 0) is 98.2 Å². The van der Waals surface area contributed by atoms with E-state index in [1.165, 1.54) is 0 Å². The molecule has 2 N–H and O–H groups in total. The van der Waals surface area contributed by atoms with Gasteiger partial charge < -0.3 is 20.1 Å². The monoisotopic (exact) mass is 608 g/mol. The lowest BCUT2D eigenvalue weighted by atomic mass is 10.1. The van der Waals surface area contributed by atoms with E-state index in [0.717, 1.165) is 91.8 Å². The van der Waals surface area contributed by atoms with Crippen molar-refractivity contribution in [1.82, 2.24) is 20.4 Å². The van der Waals surface area contributed by atoms with Crippen LogP contribution in [-0.2, 0) is 35.3 Å². The number of aryl methyl sites for hydroxylation is 2. The summed E-state index contributed by atoms with van der Waals surface area (Å²) < 4.78 is 11.9. The summed E-state index contributed by atoms with van der Waals surface area (Å²) >= 11 is 0. The summed E-state index contributed by atoms with van der Waals surface area (Å²) in [6.45, 7) is 1.26. The van der Waals surface area contributed by atoms with Crippen LogP contribution in [0.15, 0.2) is 72.8 Å². The Morgan fingerprint density at radius 3 is 1.42 bits per heavy atom. The Morgan fingerprint density at radius 2 is 0.978 bits per heavy atom. The van der Waals surface area contributed by atoms with Crippen LogP contribution in [0.2, 0.25) is 0 Å². The maximum atomic E-state index is 12.6. The molecule has 7 rings (SSSR count). The topological polar surface area (TPSA) is 128 Å². The molecule has 5 heterocycles. The van der Waals surface area contributed by atoms with Gasteiger partial charge in [-0.2, -0.15) is 10.2 Å². The van der Waals surface area contributed by atoms with Crippen LogP contribution in [0, 0.1) is 0 Å². The van der Waals surface area contributed by atoms with Crippen LogP contribution in [0.25, 0.3) is 0 Å². The van der Waals surface area contributed by atoms with Crippen LogP contribution in [0.1, 0.15) is 67.5 Å². The molecule has 10 heteroatoms. The third kappa shape index (κ3) is 11.0. The van der Waals surface area contributed by atoms with E-state index in [2.05, 4.69) is 31.0 Å². The van der Waals surface area contributed by atoms with Crippen molar-refractivity contribution in [2.45, 2.75) is 70.6 Å². The number of amides is 2. The molecule has 45 heavy (non-hydrogen) atoms. The van der Waals surface area contributed by atoms with Crippen LogP contribution in [0.5, 0.6) is 11.5 Å². The Labute approximate surface area is 264 Å². The lowest BCUT2D eigenvalue weighted by molar-refractivity contribution is -0.116. The Balaban J connectivity index is 1.17. The molecule has 0 radical (unpaired) electrons. The lowest BCUT2D eigenvalue weighted by Crippen LogP contribution is -2.16. The van der Waals surface area contributed by atoms with Gasteiger partial charge in [0.2, 0.25) is 11.8 Å². The van der Waals surface area contributed by atoms with Crippen molar-refractivity contribution in [1.29, 1.82) is 0 Å². The van der Waals surface area contributed by atoms with E-state index in [1.807, 2.05) is 60.7 Å². The predicted molar refractivity (Wildman–Crippen MR) is 172 cm³/mol. The van der Waals surface area contributed by atoms with Crippen LogP contribution in [0.3, 0.4) is 0 Å². The van der Waals surface area contributed by atoms with Crippen molar-refractivity contribution in [3.05, 3.63) is 95.3 Å². The van der Waals surface area contributed by atoms with Crippen molar-refractivity contribution in [3.63, 3.8) is 0 Å². The Kier molecular flexibility index (Phi) is 11.8. The van der Waals surface area contributed by atoms with Gasteiger partial charge in [-0.15, -0.1) is 10.2 Å². The Hall–Kier alpha value is -4.86. The molecule has 4 aromatic rings. The number of carbonyl (C=O) groups excluding carboxylic acids is 2. The van der Waals surface area contributed by atoms with Gasteiger partial charge in [0.05, 0.1) is 37.4 Å². The zero-order valence-electron chi connectivity index (χ0n) is 25.5. The first-order valence-corrected chi connectivity index (χ1v) is 15.8. The number of nitrogens with one attached hydrogen (secondary N) is 2. The van der Waals surface area contributed by atoms with Gasteiger partial charge in [0.1, 0.15) is 11.5 Å². The smallest absolute Gasteiger partial charge is 0.229 e. The van der Waals surface area contributed by atoms with Gasteiger partial charge >= 0.3 is 0 Å². The minimum absolute atomic E-state index is 0.154. The van der Waals surface area contributed by atoms with Crippen molar-refractivity contribution in [2.75, 3.05) is 23.8 Å². The van der Waals surface area contributed by atoms with E-state index in [4.69, 9.17) is 9.47 Å². The van der Waals surface area contributed by atoms with Gasteiger partial charge in [-0.25, -0.2) is 0 Å². The second-order valence-corrected chi connectivity index (χ2v) is 11.2. The third-order valence-electron chi connectivity index (χ3n) is 7.44. The predicted octanol–water partition coefficient (Wildman–Crippen LogP) is 5.92. The zero-order valence-corrected chi connectivity index (χ0v) is 25.5. The first-order chi connectivity index (χ1) is 22.1. The van der Waals surface area contributed by atoms with Crippen LogP contribution < -0.4 is 20.1 Å². The molecule has 234 valence electrons. The molecule has 3 aliphatic rings. The summed E-state index contributed by atoms with van der Waals surface area (Å²) in [5.41, 5.74) is 3.48. The maximum Gasteiger partial charge on any atom is 0.229 e. The molecular formula is C35H40N6O4. The van der Waals surface area contributed by atoms with E-state index in [9.17, 15) is 9.59 Å². The fraction of sp³-hybridized carbons (Fsp3) is 0.371. The molecular weight excluding hydrogens is 568 g/mol. The van der Waals surface area contributed by atoms with Gasteiger partial charge in [0.25, 0.3) is 0 Å². The molecule has 0 spiro atoms. The fourth-order valence-corrected chi connectivity index (χ4v) is 5.08. The first-order valence-electron chi connectivity index (χ1n) is 15.8. The average molecular weight is 609 g/mol. The number of hydrogen-bond acceptors (Lipinski definition) is 8. The Morgan fingerprint density at radius 1 is 0.511 bits per heavy atom. The number of nitrogens with zero attached hydrogens (tertiary/aromatic N) is 4. The number of hydrogen-bond donors (Lipinski definition) is 2. The fourth-order valence-electron chi connectivity index (χ4n) is 5.08. The molecule has 0 atom stereocenters. The summed E-state index contributed by atoms with van der Waals surface area (Å²) in [7, 11) is 0. The number of benzene rings is 2. The highest BCUT2D eigenvalue weighted by Gasteiger charge is 2.09. The van der Waals surface area contributed by atoms with Crippen molar-refractivity contribution in [2.24, 2.45) is 0 Å². The minimum Gasteiger partial charge on any atom is -0.494 e. The molecule has 0 fully saturated rings. The van der Waals surface area contributed by atoms with Gasteiger partial charge in [-0.3, -0.25) is 9.59 Å². The van der Waals surface area contributed by atoms with Crippen LogP contribution >= 0.6 is 0 Å². The Bertz CT molecular complexity index is 1410. The molecule has 2 amide bonds. The standard InChI is InChI=1S/C35H40N6O4/c42-34-24-26-10-8-14-30(22-26)44-20-6-2-1-3-7-21-45-31-15-9-11-27(23-31)25-35(43)37-33-19-17-29(39-41-33)13-5-4-12-28-16-18-32(36-34)40-38-28/h8-11,14-19,22-23H,1-7,12-13,20-21,24-25H2,(H,36,40,42)(H,37,41,43). The second kappa shape index (κ2) is 16.8. The molecule has 8 bridgehead atoms. The van der Waals surface area contributed by atoms with Crippen LogP contribution in [-0.4, -0.2) is 45.4 Å². The van der Waals surface area contributed by atoms with E-state index in [1.54, 1.807) is 12.1 Å². The van der Waals surface area contributed by atoms with Crippen LogP contribution in [0.4, 0.5) is 11.6 Å². The quantitative estimate of drug-likeness (QED) is 0.252. The van der Waals surface area contributed by atoms with Crippen molar-refractivity contribution in [3.8, 4) is 11.5 Å². The molecule has 0 saturated heterocycles. The highest BCUT2D eigenvalue weighted by Crippen LogP contribution is 2.18. The van der Waals surface area contributed by atoms with Gasteiger partial charge in [0, 0.05) is 0 Å². The molecule has 2 aromatic carbocycles. The molecule has 0 aliphatic carbocycles. The number of aromatic nitrogens is 4. The number of fused-ring (bicyclic) bond motifs is 2. The number of rotatable bonds is 0. The second-order valence-electron chi connectivity index (χ2n) is 11.2. The summed E-state index contributed by atoms with van der Waals surface area (Å²) in [6.07, 6.45) is 8.94. The van der Waals surface area contributed by atoms with Crippen molar-refractivity contribution >= 4 is 23.5 Å². The number of carbonyl (C=O) groups is 2.